The molecule has 0 N–H and O–H groups in total. The lowest BCUT2D eigenvalue weighted by molar-refractivity contribution is -0.141. The SMILES string of the molecule is CC(C)(C)c1cc2nc(C(F)(F)F)cc(N3CCN(C(=O)OCCN4CCN(Cc5cc6c(cc5Cl)OCO6)CC4)CC3)n2n1. The Morgan fingerprint density at radius 3 is 2.24 bits per heavy atom. The first-order valence-corrected chi connectivity index (χ1v) is 15.4. The van der Waals surface area contributed by atoms with Crippen molar-refractivity contribution in [1.29, 1.82) is 0 Å². The number of fused-ring (bicyclic) bond motifs is 2. The van der Waals surface area contributed by atoms with Crippen molar-refractivity contribution >= 4 is 29.2 Å². The van der Waals surface area contributed by atoms with Crippen molar-refractivity contribution in [2.24, 2.45) is 0 Å². The minimum Gasteiger partial charge on any atom is -0.454 e. The number of hydrogen-bond acceptors (Lipinski definition) is 9. The first-order chi connectivity index (χ1) is 21.3. The van der Waals surface area contributed by atoms with Crippen LogP contribution in [0.25, 0.3) is 5.65 Å². The van der Waals surface area contributed by atoms with Crippen LogP contribution in [0, 0.1) is 0 Å². The van der Waals surface area contributed by atoms with Crippen LogP contribution in [-0.2, 0) is 22.9 Å². The molecule has 0 bridgehead atoms. The lowest BCUT2D eigenvalue weighted by Gasteiger charge is -2.36. The first-order valence-electron chi connectivity index (χ1n) is 15.0. The molecule has 0 aliphatic carbocycles. The number of benzene rings is 1. The molecule has 0 spiro atoms. The Labute approximate surface area is 264 Å². The van der Waals surface area contributed by atoms with Gasteiger partial charge >= 0.3 is 12.3 Å². The van der Waals surface area contributed by atoms with Gasteiger partial charge < -0.3 is 24.0 Å². The van der Waals surface area contributed by atoms with Gasteiger partial charge in [-0.25, -0.2) is 9.78 Å². The van der Waals surface area contributed by atoms with E-state index < -0.39 is 18.0 Å². The zero-order chi connectivity index (χ0) is 31.9. The fourth-order valence-corrected chi connectivity index (χ4v) is 5.87. The number of anilines is 1. The van der Waals surface area contributed by atoms with Crippen LogP contribution in [0.1, 0.15) is 37.7 Å². The van der Waals surface area contributed by atoms with E-state index in [4.69, 9.17) is 25.8 Å². The maximum absolute atomic E-state index is 13.7. The largest absolute Gasteiger partial charge is 0.454 e. The van der Waals surface area contributed by atoms with Gasteiger partial charge in [-0.2, -0.15) is 22.8 Å². The molecule has 244 valence electrons. The van der Waals surface area contributed by atoms with Gasteiger partial charge in [0.2, 0.25) is 6.79 Å². The molecule has 6 rings (SSSR count). The molecular weight excluding hydrogens is 615 g/mol. The van der Waals surface area contributed by atoms with Gasteiger partial charge in [0.1, 0.15) is 12.4 Å². The summed E-state index contributed by atoms with van der Waals surface area (Å²) in [4.78, 5) is 24.6. The van der Waals surface area contributed by atoms with E-state index in [1.807, 2.05) is 31.7 Å². The number of aromatic nitrogens is 3. The Morgan fingerprint density at radius 2 is 1.58 bits per heavy atom. The standard InChI is InChI=1S/C30H37ClF3N7O4/c1-29(2,3)24-16-26-35-25(30(32,33)34)17-27(41(26)36-24)39-8-10-40(11-9-39)28(42)43-13-12-37-4-6-38(7-5-37)18-20-14-22-23(15-21(20)31)45-19-44-22/h14-17H,4-13,18-19H2,1-3H3. The summed E-state index contributed by atoms with van der Waals surface area (Å²) in [5.41, 5.74) is 0.459. The monoisotopic (exact) mass is 651 g/mol. The van der Waals surface area contributed by atoms with Crippen LogP contribution in [0.4, 0.5) is 23.8 Å². The fraction of sp³-hybridized carbons (Fsp3) is 0.567. The summed E-state index contributed by atoms with van der Waals surface area (Å²) in [6, 6.07) is 6.37. The number of carbonyl (C=O) groups is 1. The molecule has 2 fully saturated rings. The van der Waals surface area contributed by atoms with Crippen LogP contribution in [0.3, 0.4) is 0 Å². The third-order valence-electron chi connectivity index (χ3n) is 8.36. The normalized spacial score (nSPS) is 18.2. The summed E-state index contributed by atoms with van der Waals surface area (Å²) in [5, 5.41) is 5.24. The lowest BCUT2D eigenvalue weighted by Crippen LogP contribution is -2.50. The molecule has 15 heteroatoms. The molecule has 2 saturated heterocycles. The quantitative estimate of drug-likeness (QED) is 0.382. The van der Waals surface area contributed by atoms with E-state index in [1.54, 1.807) is 17.0 Å². The number of nitrogens with zero attached hydrogens (tertiary/aromatic N) is 7. The van der Waals surface area contributed by atoms with E-state index in [0.717, 1.165) is 37.8 Å². The molecule has 3 aliphatic rings. The van der Waals surface area contributed by atoms with Gasteiger partial charge in [0.25, 0.3) is 0 Å². The number of rotatable bonds is 6. The highest BCUT2D eigenvalue weighted by molar-refractivity contribution is 6.31. The predicted octanol–water partition coefficient (Wildman–Crippen LogP) is 4.50. The zero-order valence-electron chi connectivity index (χ0n) is 25.6. The minimum absolute atomic E-state index is 0.143. The van der Waals surface area contributed by atoms with E-state index in [9.17, 15) is 18.0 Å². The molecule has 1 amide bonds. The van der Waals surface area contributed by atoms with Crippen LogP contribution in [0.5, 0.6) is 11.5 Å². The van der Waals surface area contributed by atoms with Crippen molar-refractivity contribution in [2.75, 3.05) is 77.2 Å². The molecule has 0 saturated carbocycles. The van der Waals surface area contributed by atoms with Crippen LogP contribution in [0.2, 0.25) is 5.02 Å². The maximum Gasteiger partial charge on any atom is 0.433 e. The Hall–Kier alpha value is -3.49. The molecular formula is C30H37ClF3N7O4. The van der Waals surface area contributed by atoms with Gasteiger partial charge in [-0.1, -0.05) is 32.4 Å². The van der Waals surface area contributed by atoms with Gasteiger partial charge in [0.15, 0.2) is 22.8 Å². The van der Waals surface area contributed by atoms with E-state index in [1.165, 1.54) is 4.52 Å². The summed E-state index contributed by atoms with van der Waals surface area (Å²) in [6.45, 7) is 12.3. The predicted molar refractivity (Wildman–Crippen MR) is 161 cm³/mol. The lowest BCUT2D eigenvalue weighted by atomic mass is 9.93. The maximum atomic E-state index is 13.7. The van der Waals surface area contributed by atoms with Crippen LogP contribution >= 0.6 is 11.6 Å². The second-order valence-electron chi connectivity index (χ2n) is 12.6. The van der Waals surface area contributed by atoms with Gasteiger partial charge in [-0.3, -0.25) is 9.80 Å². The molecule has 1 aromatic carbocycles. The Kier molecular flexibility index (Phi) is 8.65. The van der Waals surface area contributed by atoms with Crippen molar-refractivity contribution in [2.45, 2.75) is 38.9 Å². The highest BCUT2D eigenvalue weighted by Gasteiger charge is 2.35. The van der Waals surface area contributed by atoms with Crippen molar-refractivity contribution < 1.29 is 32.2 Å². The van der Waals surface area contributed by atoms with Crippen LogP contribution in [0.15, 0.2) is 24.3 Å². The summed E-state index contributed by atoms with van der Waals surface area (Å²) in [7, 11) is 0. The minimum atomic E-state index is -4.60. The van der Waals surface area contributed by atoms with Gasteiger partial charge in [-0.15, -0.1) is 0 Å². The van der Waals surface area contributed by atoms with E-state index in [0.29, 0.717) is 67.3 Å². The highest BCUT2D eigenvalue weighted by Crippen LogP contribution is 2.37. The average Bonchev–Trinajstić information content (AvgIpc) is 3.64. The third kappa shape index (κ3) is 7.02. The molecule has 11 nitrogen and oxygen atoms in total. The number of halogens is 4. The zero-order valence-corrected chi connectivity index (χ0v) is 26.3. The third-order valence-corrected chi connectivity index (χ3v) is 8.71. The summed E-state index contributed by atoms with van der Waals surface area (Å²) >= 11 is 6.44. The molecule has 45 heavy (non-hydrogen) atoms. The molecule has 3 aliphatic heterocycles. The Balaban J connectivity index is 0.974. The second kappa shape index (κ2) is 12.4. The number of alkyl halides is 3. The summed E-state index contributed by atoms with van der Waals surface area (Å²) in [5.74, 6) is 1.69. The van der Waals surface area contributed by atoms with Gasteiger partial charge in [0.05, 0.1) is 5.69 Å². The molecule has 0 unspecified atom stereocenters. The molecule has 5 heterocycles. The van der Waals surface area contributed by atoms with Gasteiger partial charge in [-0.05, 0) is 11.6 Å². The van der Waals surface area contributed by atoms with Gasteiger partial charge in [0, 0.05) is 94.1 Å². The Morgan fingerprint density at radius 1 is 0.911 bits per heavy atom. The topological polar surface area (TPSA) is 87.9 Å². The van der Waals surface area contributed by atoms with Crippen molar-refractivity contribution in [3.63, 3.8) is 0 Å². The highest BCUT2D eigenvalue weighted by atomic mass is 35.5. The number of piperazine rings is 2. The smallest absolute Gasteiger partial charge is 0.433 e. The number of amides is 1. The van der Waals surface area contributed by atoms with Crippen molar-refractivity contribution in [3.8, 4) is 11.5 Å². The van der Waals surface area contributed by atoms with Crippen molar-refractivity contribution in [3.05, 3.63) is 46.2 Å². The summed E-state index contributed by atoms with van der Waals surface area (Å²) < 4.78 is 59.0. The van der Waals surface area contributed by atoms with E-state index in [2.05, 4.69) is 19.9 Å². The molecule has 2 aromatic heterocycles. The first kappa shape index (κ1) is 31.5. The van der Waals surface area contributed by atoms with E-state index in [-0.39, 0.29) is 24.5 Å². The summed E-state index contributed by atoms with van der Waals surface area (Å²) in [6.07, 6.45) is -5.02. The van der Waals surface area contributed by atoms with Crippen molar-refractivity contribution in [1.82, 2.24) is 29.3 Å². The molecule has 3 aromatic rings. The average molecular weight is 652 g/mol. The molecule has 0 radical (unpaired) electrons. The number of ether oxygens (including phenoxy) is 3. The van der Waals surface area contributed by atoms with E-state index >= 15 is 0 Å². The second-order valence-corrected chi connectivity index (χ2v) is 13.0. The Bertz CT molecular complexity index is 1550. The number of carbonyl (C=O) groups excluding carboxylic acids is 1. The molecule has 0 atom stereocenters. The van der Waals surface area contributed by atoms with Crippen LogP contribution < -0.4 is 14.4 Å². The van der Waals surface area contributed by atoms with Crippen LogP contribution in [-0.4, -0.2) is 108 Å². The fourth-order valence-electron chi connectivity index (χ4n) is 5.66. The number of hydrogen-bond donors (Lipinski definition) is 0.